The third kappa shape index (κ3) is 3.60. The highest BCUT2D eigenvalue weighted by Crippen LogP contribution is 2.34. The molecule has 3 rings (SSSR count). The van der Waals surface area contributed by atoms with Crippen molar-refractivity contribution in [2.75, 3.05) is 24.4 Å². The smallest absolute Gasteiger partial charge is 0.259 e. The molecule has 136 valence electrons. The van der Waals surface area contributed by atoms with Crippen LogP contribution in [-0.4, -0.2) is 25.5 Å². The molecular formula is C19H19ClN2O4. The number of hydrogen-bond donors (Lipinski definition) is 2. The zero-order valence-corrected chi connectivity index (χ0v) is 15.4. The summed E-state index contributed by atoms with van der Waals surface area (Å²) in [6.45, 7) is 3.86. The Hall–Kier alpha value is -2.73. The number of rotatable bonds is 3. The first kappa shape index (κ1) is 18.1. The average molecular weight is 375 g/mol. The number of halogens is 1. The van der Waals surface area contributed by atoms with Crippen LogP contribution < -0.4 is 20.1 Å². The number of amides is 2. The SMILES string of the molecule is COc1ccc(Cl)cc1C(=O)Nc1ccc2c(c1)OCC(C)(C)C(=O)N2. The lowest BCUT2D eigenvalue weighted by atomic mass is 9.94. The van der Waals surface area contributed by atoms with Crippen LogP contribution in [0.4, 0.5) is 11.4 Å². The molecule has 6 nitrogen and oxygen atoms in total. The lowest BCUT2D eigenvalue weighted by Crippen LogP contribution is -2.33. The highest BCUT2D eigenvalue weighted by atomic mass is 35.5. The number of methoxy groups -OCH3 is 1. The third-order valence-corrected chi connectivity index (χ3v) is 4.33. The molecule has 0 fully saturated rings. The fourth-order valence-electron chi connectivity index (χ4n) is 2.49. The number of nitrogens with one attached hydrogen (secondary N) is 2. The third-order valence-electron chi connectivity index (χ3n) is 4.10. The van der Waals surface area contributed by atoms with E-state index in [1.165, 1.54) is 7.11 Å². The molecule has 0 unspecified atom stereocenters. The van der Waals surface area contributed by atoms with Gasteiger partial charge in [-0.3, -0.25) is 9.59 Å². The molecule has 26 heavy (non-hydrogen) atoms. The summed E-state index contributed by atoms with van der Waals surface area (Å²) in [7, 11) is 1.49. The molecule has 2 amide bonds. The first-order valence-corrected chi connectivity index (χ1v) is 8.41. The average Bonchev–Trinajstić information content (AvgIpc) is 2.71. The summed E-state index contributed by atoms with van der Waals surface area (Å²) in [6.07, 6.45) is 0. The summed E-state index contributed by atoms with van der Waals surface area (Å²) in [4.78, 5) is 24.7. The van der Waals surface area contributed by atoms with Crippen LogP contribution in [0.25, 0.3) is 0 Å². The van der Waals surface area contributed by atoms with Gasteiger partial charge in [0.15, 0.2) is 0 Å². The summed E-state index contributed by atoms with van der Waals surface area (Å²) in [5, 5.41) is 6.07. The second-order valence-electron chi connectivity index (χ2n) is 6.64. The van der Waals surface area contributed by atoms with Crippen LogP contribution in [-0.2, 0) is 4.79 Å². The van der Waals surface area contributed by atoms with Gasteiger partial charge in [-0.2, -0.15) is 0 Å². The number of benzene rings is 2. The number of fused-ring (bicyclic) bond motifs is 1. The molecule has 1 aliphatic rings. The normalized spacial score (nSPS) is 15.2. The summed E-state index contributed by atoms with van der Waals surface area (Å²) in [5.41, 5.74) is 0.783. The number of hydrogen-bond acceptors (Lipinski definition) is 4. The fourth-order valence-corrected chi connectivity index (χ4v) is 2.67. The highest BCUT2D eigenvalue weighted by molar-refractivity contribution is 6.31. The number of carbonyl (C=O) groups is 2. The summed E-state index contributed by atoms with van der Waals surface area (Å²) >= 11 is 5.98. The number of ether oxygens (including phenoxy) is 2. The minimum atomic E-state index is -0.642. The first-order chi connectivity index (χ1) is 12.3. The van der Waals surface area contributed by atoms with Crippen molar-refractivity contribution in [3.63, 3.8) is 0 Å². The van der Waals surface area contributed by atoms with E-state index in [0.29, 0.717) is 33.5 Å². The van der Waals surface area contributed by atoms with Crippen molar-refractivity contribution in [2.45, 2.75) is 13.8 Å². The monoisotopic (exact) mass is 374 g/mol. The molecule has 2 aromatic rings. The van der Waals surface area contributed by atoms with Crippen LogP contribution in [0.15, 0.2) is 36.4 Å². The van der Waals surface area contributed by atoms with Gasteiger partial charge in [0.25, 0.3) is 5.91 Å². The fraction of sp³-hybridized carbons (Fsp3) is 0.263. The van der Waals surface area contributed by atoms with Crippen molar-refractivity contribution in [2.24, 2.45) is 5.41 Å². The van der Waals surface area contributed by atoms with Crippen molar-refractivity contribution in [3.8, 4) is 11.5 Å². The van der Waals surface area contributed by atoms with E-state index in [1.807, 2.05) is 13.8 Å². The van der Waals surface area contributed by atoms with Crippen molar-refractivity contribution >= 4 is 34.8 Å². The lowest BCUT2D eigenvalue weighted by molar-refractivity contribution is -0.124. The van der Waals surface area contributed by atoms with Gasteiger partial charge in [0.05, 0.1) is 23.8 Å². The molecule has 2 N–H and O–H groups in total. The predicted molar refractivity (Wildman–Crippen MR) is 100 cm³/mol. The molecule has 7 heteroatoms. The molecule has 0 saturated carbocycles. The molecule has 0 bridgehead atoms. The molecule has 2 aromatic carbocycles. The standard InChI is InChI=1S/C19H19ClN2O4/c1-19(2)10-26-16-9-12(5-6-14(16)22-18(19)24)21-17(23)13-8-11(20)4-7-15(13)25-3/h4-9H,10H2,1-3H3,(H,21,23)(H,22,24). The molecule has 0 saturated heterocycles. The Balaban J connectivity index is 1.84. The zero-order chi connectivity index (χ0) is 18.9. The van der Waals surface area contributed by atoms with Crippen LogP contribution >= 0.6 is 11.6 Å². The van der Waals surface area contributed by atoms with E-state index in [2.05, 4.69) is 10.6 Å². The van der Waals surface area contributed by atoms with Gasteiger partial charge >= 0.3 is 0 Å². The zero-order valence-electron chi connectivity index (χ0n) is 14.7. The summed E-state index contributed by atoms with van der Waals surface area (Å²) in [5.74, 6) is 0.450. The van der Waals surface area contributed by atoms with E-state index >= 15 is 0 Å². The topological polar surface area (TPSA) is 76.7 Å². The predicted octanol–water partition coefficient (Wildman–Crippen LogP) is 3.96. The lowest BCUT2D eigenvalue weighted by Gasteiger charge is -2.18. The quantitative estimate of drug-likeness (QED) is 0.852. The Labute approximate surface area is 156 Å². The summed E-state index contributed by atoms with van der Waals surface area (Å²) in [6, 6.07) is 9.88. The Morgan fingerprint density at radius 1 is 1.27 bits per heavy atom. The van der Waals surface area contributed by atoms with Crippen molar-refractivity contribution in [3.05, 3.63) is 47.0 Å². The van der Waals surface area contributed by atoms with Gasteiger partial charge in [0.1, 0.15) is 18.1 Å². The van der Waals surface area contributed by atoms with E-state index in [9.17, 15) is 9.59 Å². The Bertz CT molecular complexity index is 880. The van der Waals surface area contributed by atoms with Crippen LogP contribution in [0.2, 0.25) is 5.02 Å². The maximum absolute atomic E-state index is 12.6. The largest absolute Gasteiger partial charge is 0.496 e. The van der Waals surface area contributed by atoms with Crippen LogP contribution in [0.1, 0.15) is 24.2 Å². The Kier molecular flexibility index (Phi) is 4.78. The second-order valence-corrected chi connectivity index (χ2v) is 7.07. The minimum Gasteiger partial charge on any atom is -0.496 e. The maximum Gasteiger partial charge on any atom is 0.259 e. The Morgan fingerprint density at radius 3 is 2.77 bits per heavy atom. The molecule has 1 aliphatic heterocycles. The molecule has 0 aliphatic carbocycles. The van der Waals surface area contributed by atoms with Crippen LogP contribution in [0.3, 0.4) is 0 Å². The molecular weight excluding hydrogens is 356 g/mol. The van der Waals surface area contributed by atoms with Crippen LogP contribution in [0, 0.1) is 5.41 Å². The van der Waals surface area contributed by atoms with Gasteiger partial charge in [0, 0.05) is 16.8 Å². The Morgan fingerprint density at radius 2 is 2.04 bits per heavy atom. The highest BCUT2D eigenvalue weighted by Gasteiger charge is 2.32. The van der Waals surface area contributed by atoms with E-state index in [4.69, 9.17) is 21.1 Å². The second kappa shape index (κ2) is 6.88. The van der Waals surface area contributed by atoms with Crippen molar-refractivity contribution in [1.29, 1.82) is 0 Å². The van der Waals surface area contributed by atoms with Gasteiger partial charge in [-0.25, -0.2) is 0 Å². The van der Waals surface area contributed by atoms with E-state index in [1.54, 1.807) is 36.4 Å². The van der Waals surface area contributed by atoms with E-state index in [-0.39, 0.29) is 18.4 Å². The van der Waals surface area contributed by atoms with Gasteiger partial charge in [-0.15, -0.1) is 0 Å². The summed E-state index contributed by atoms with van der Waals surface area (Å²) < 4.78 is 11.0. The minimum absolute atomic E-state index is 0.114. The van der Waals surface area contributed by atoms with Gasteiger partial charge in [-0.05, 0) is 44.2 Å². The van der Waals surface area contributed by atoms with Crippen molar-refractivity contribution in [1.82, 2.24) is 0 Å². The molecule has 0 spiro atoms. The first-order valence-electron chi connectivity index (χ1n) is 8.03. The molecule has 1 heterocycles. The van der Waals surface area contributed by atoms with E-state index < -0.39 is 5.41 Å². The van der Waals surface area contributed by atoms with E-state index in [0.717, 1.165) is 0 Å². The maximum atomic E-state index is 12.6. The van der Waals surface area contributed by atoms with Crippen molar-refractivity contribution < 1.29 is 19.1 Å². The van der Waals surface area contributed by atoms with Crippen LogP contribution in [0.5, 0.6) is 11.5 Å². The molecule has 0 aromatic heterocycles. The molecule has 0 radical (unpaired) electrons. The molecule has 0 atom stereocenters. The number of anilines is 2. The number of carbonyl (C=O) groups excluding carboxylic acids is 2. The van der Waals surface area contributed by atoms with Gasteiger partial charge < -0.3 is 20.1 Å². The van der Waals surface area contributed by atoms with Gasteiger partial charge in [-0.1, -0.05) is 11.6 Å². The van der Waals surface area contributed by atoms with Gasteiger partial charge in [0.2, 0.25) is 5.91 Å².